The molecule has 2 saturated heterocycles. The van der Waals surface area contributed by atoms with Crippen LogP contribution in [0.15, 0.2) is 4.99 Å². The Morgan fingerprint density at radius 1 is 1.24 bits per heavy atom. The second-order valence-corrected chi connectivity index (χ2v) is 6.11. The minimum Gasteiger partial charge on any atom is -0.376 e. The molecule has 5 heteroatoms. The highest BCUT2D eigenvalue weighted by Crippen LogP contribution is 2.18. The van der Waals surface area contributed by atoms with E-state index in [1.807, 2.05) is 7.05 Å². The molecule has 122 valence electrons. The fourth-order valence-corrected chi connectivity index (χ4v) is 3.37. The van der Waals surface area contributed by atoms with Gasteiger partial charge in [-0.1, -0.05) is 13.3 Å². The minimum absolute atomic E-state index is 0.357. The van der Waals surface area contributed by atoms with Crippen molar-refractivity contribution in [2.24, 2.45) is 4.99 Å². The van der Waals surface area contributed by atoms with Gasteiger partial charge in [0.05, 0.1) is 6.10 Å². The molecule has 2 heterocycles. The Bertz CT molecular complexity index is 315. The van der Waals surface area contributed by atoms with Crippen LogP contribution in [0.3, 0.4) is 0 Å². The standard InChI is InChI=1S/C16H32N4O/c1-3-14-7-4-5-10-20(14)11-9-18-16(17-2)19-13-15-8-6-12-21-15/h14-15H,3-13H2,1-2H3,(H2,17,18,19). The number of piperidine rings is 1. The molecule has 2 N–H and O–H groups in total. The quantitative estimate of drug-likeness (QED) is 0.577. The molecule has 2 aliphatic heterocycles. The Kier molecular flexibility index (Phi) is 7.30. The molecule has 2 aliphatic rings. The molecule has 2 atom stereocenters. The van der Waals surface area contributed by atoms with Crippen LogP contribution in [0.25, 0.3) is 0 Å². The normalized spacial score (nSPS) is 27.8. The topological polar surface area (TPSA) is 48.9 Å². The number of aliphatic imine (C=N–C) groups is 1. The lowest BCUT2D eigenvalue weighted by atomic mass is 10.0. The molecule has 0 spiro atoms. The average Bonchev–Trinajstić information content (AvgIpc) is 3.04. The van der Waals surface area contributed by atoms with Gasteiger partial charge in [0, 0.05) is 39.3 Å². The predicted molar refractivity (Wildman–Crippen MR) is 87.8 cm³/mol. The lowest BCUT2D eigenvalue weighted by Crippen LogP contribution is -2.46. The Hall–Kier alpha value is -0.810. The van der Waals surface area contributed by atoms with Gasteiger partial charge in [-0.2, -0.15) is 0 Å². The summed E-state index contributed by atoms with van der Waals surface area (Å²) in [6.07, 6.45) is 8.08. The summed E-state index contributed by atoms with van der Waals surface area (Å²) >= 11 is 0. The molecule has 0 aliphatic carbocycles. The highest BCUT2D eigenvalue weighted by atomic mass is 16.5. The van der Waals surface area contributed by atoms with Crippen LogP contribution in [0.4, 0.5) is 0 Å². The monoisotopic (exact) mass is 296 g/mol. The number of rotatable bonds is 6. The van der Waals surface area contributed by atoms with Crippen LogP contribution in [-0.2, 0) is 4.74 Å². The highest BCUT2D eigenvalue weighted by Gasteiger charge is 2.20. The molecule has 0 saturated carbocycles. The van der Waals surface area contributed by atoms with Crippen LogP contribution in [0.1, 0.15) is 45.4 Å². The lowest BCUT2D eigenvalue weighted by Gasteiger charge is -2.35. The summed E-state index contributed by atoms with van der Waals surface area (Å²) in [4.78, 5) is 6.92. The molecular formula is C16H32N4O. The summed E-state index contributed by atoms with van der Waals surface area (Å²) in [5, 5.41) is 6.80. The van der Waals surface area contributed by atoms with Crippen molar-refractivity contribution < 1.29 is 4.74 Å². The first-order chi connectivity index (χ1) is 10.3. The van der Waals surface area contributed by atoms with Gasteiger partial charge >= 0.3 is 0 Å². The number of hydrogen-bond acceptors (Lipinski definition) is 3. The largest absolute Gasteiger partial charge is 0.376 e. The van der Waals surface area contributed by atoms with Crippen molar-refractivity contribution >= 4 is 5.96 Å². The molecule has 5 nitrogen and oxygen atoms in total. The summed E-state index contributed by atoms with van der Waals surface area (Å²) in [5.41, 5.74) is 0. The molecule has 0 aromatic carbocycles. The first kappa shape index (κ1) is 16.6. The van der Waals surface area contributed by atoms with E-state index in [2.05, 4.69) is 27.4 Å². The molecule has 0 aromatic rings. The average molecular weight is 296 g/mol. The van der Waals surface area contributed by atoms with Crippen molar-refractivity contribution in [2.45, 2.75) is 57.6 Å². The third-order valence-corrected chi connectivity index (χ3v) is 4.66. The second kappa shape index (κ2) is 9.26. The van der Waals surface area contributed by atoms with Gasteiger partial charge in [-0.3, -0.25) is 9.89 Å². The molecule has 0 radical (unpaired) electrons. The second-order valence-electron chi connectivity index (χ2n) is 6.11. The third-order valence-electron chi connectivity index (χ3n) is 4.66. The zero-order valence-electron chi connectivity index (χ0n) is 13.7. The third kappa shape index (κ3) is 5.47. The summed E-state index contributed by atoms with van der Waals surface area (Å²) in [5.74, 6) is 0.899. The van der Waals surface area contributed by atoms with Gasteiger partial charge in [0.2, 0.25) is 0 Å². The number of nitrogens with zero attached hydrogens (tertiary/aromatic N) is 2. The van der Waals surface area contributed by atoms with Gasteiger partial charge < -0.3 is 15.4 Å². The number of nitrogens with one attached hydrogen (secondary N) is 2. The van der Waals surface area contributed by atoms with E-state index in [-0.39, 0.29) is 0 Å². The van der Waals surface area contributed by atoms with Crippen LogP contribution in [-0.4, -0.2) is 62.8 Å². The van der Waals surface area contributed by atoms with E-state index >= 15 is 0 Å². The van der Waals surface area contributed by atoms with Crippen molar-refractivity contribution in [2.75, 3.05) is 39.8 Å². The zero-order valence-corrected chi connectivity index (χ0v) is 13.7. The Balaban J connectivity index is 1.63. The molecule has 2 fully saturated rings. The predicted octanol–water partition coefficient (Wildman–Crippen LogP) is 1.59. The van der Waals surface area contributed by atoms with Gasteiger partial charge in [-0.25, -0.2) is 0 Å². The Morgan fingerprint density at radius 2 is 2.14 bits per heavy atom. The molecule has 2 rings (SSSR count). The van der Waals surface area contributed by atoms with Crippen molar-refractivity contribution in [3.05, 3.63) is 0 Å². The maximum absolute atomic E-state index is 5.62. The van der Waals surface area contributed by atoms with E-state index in [1.165, 1.54) is 38.6 Å². The molecular weight excluding hydrogens is 264 g/mol. The van der Waals surface area contributed by atoms with Gasteiger partial charge in [-0.05, 0) is 38.6 Å². The Morgan fingerprint density at radius 3 is 2.86 bits per heavy atom. The van der Waals surface area contributed by atoms with Crippen molar-refractivity contribution in [3.63, 3.8) is 0 Å². The molecule has 0 bridgehead atoms. The van der Waals surface area contributed by atoms with Crippen molar-refractivity contribution in [1.29, 1.82) is 0 Å². The van der Waals surface area contributed by atoms with Crippen molar-refractivity contribution in [3.8, 4) is 0 Å². The number of likely N-dealkylation sites (tertiary alicyclic amines) is 1. The smallest absolute Gasteiger partial charge is 0.191 e. The summed E-state index contributed by atoms with van der Waals surface area (Å²) in [6, 6.07) is 0.780. The van der Waals surface area contributed by atoms with Gasteiger partial charge in [-0.15, -0.1) is 0 Å². The molecule has 0 aromatic heterocycles. The molecule has 21 heavy (non-hydrogen) atoms. The first-order valence-corrected chi connectivity index (χ1v) is 8.63. The van der Waals surface area contributed by atoms with E-state index in [4.69, 9.17) is 4.74 Å². The van der Waals surface area contributed by atoms with Gasteiger partial charge in [0.15, 0.2) is 5.96 Å². The van der Waals surface area contributed by atoms with Crippen LogP contribution in [0.5, 0.6) is 0 Å². The SMILES string of the molecule is CCC1CCCCN1CCNC(=NC)NCC1CCCO1. The lowest BCUT2D eigenvalue weighted by molar-refractivity contribution is 0.113. The summed E-state index contributed by atoms with van der Waals surface area (Å²) in [7, 11) is 1.83. The summed E-state index contributed by atoms with van der Waals surface area (Å²) in [6.45, 7) is 7.40. The minimum atomic E-state index is 0.357. The highest BCUT2D eigenvalue weighted by molar-refractivity contribution is 5.79. The Labute approximate surface area is 129 Å². The van der Waals surface area contributed by atoms with Crippen LogP contribution in [0, 0.1) is 0 Å². The maximum atomic E-state index is 5.62. The van der Waals surface area contributed by atoms with Gasteiger partial charge in [0.25, 0.3) is 0 Å². The summed E-state index contributed by atoms with van der Waals surface area (Å²) < 4.78 is 5.62. The van der Waals surface area contributed by atoms with Crippen molar-refractivity contribution in [1.82, 2.24) is 15.5 Å². The van der Waals surface area contributed by atoms with E-state index in [0.29, 0.717) is 6.10 Å². The fraction of sp³-hybridized carbons (Fsp3) is 0.938. The van der Waals surface area contributed by atoms with E-state index in [1.54, 1.807) is 0 Å². The van der Waals surface area contributed by atoms with E-state index in [0.717, 1.165) is 44.7 Å². The number of hydrogen-bond donors (Lipinski definition) is 2. The van der Waals surface area contributed by atoms with E-state index in [9.17, 15) is 0 Å². The van der Waals surface area contributed by atoms with Crippen LogP contribution >= 0.6 is 0 Å². The maximum Gasteiger partial charge on any atom is 0.191 e. The number of guanidine groups is 1. The number of ether oxygens (including phenoxy) is 1. The molecule has 2 unspecified atom stereocenters. The van der Waals surface area contributed by atoms with Crippen LogP contribution in [0.2, 0.25) is 0 Å². The van der Waals surface area contributed by atoms with Gasteiger partial charge in [0.1, 0.15) is 0 Å². The zero-order chi connectivity index (χ0) is 14.9. The van der Waals surface area contributed by atoms with E-state index < -0.39 is 0 Å². The fourth-order valence-electron chi connectivity index (χ4n) is 3.37. The first-order valence-electron chi connectivity index (χ1n) is 8.63. The van der Waals surface area contributed by atoms with Crippen LogP contribution < -0.4 is 10.6 Å². The molecule has 0 amide bonds.